The number of esters is 1. The Morgan fingerprint density at radius 1 is 1.24 bits per heavy atom. The Hall–Kier alpha value is -0.860. The monoisotopic (exact) mass is 364 g/mol. The minimum absolute atomic E-state index is 0.213. The van der Waals surface area contributed by atoms with Crippen molar-refractivity contribution in [2.24, 2.45) is 11.8 Å². The molecule has 2 N–H and O–H groups in total. The molecule has 25 heavy (non-hydrogen) atoms. The number of nitrogens with zero attached hydrogens (tertiary/aromatic N) is 2. The molecule has 0 aromatic heterocycles. The second-order valence-corrected chi connectivity index (χ2v) is 7.89. The van der Waals surface area contributed by atoms with Gasteiger partial charge in [-0.3, -0.25) is 9.69 Å². The molecule has 2 unspecified atom stereocenters. The van der Waals surface area contributed by atoms with Gasteiger partial charge in [0.25, 0.3) is 0 Å². The van der Waals surface area contributed by atoms with Gasteiger partial charge in [-0.2, -0.15) is 13.2 Å². The zero-order chi connectivity index (χ0) is 18.2. The van der Waals surface area contributed by atoms with E-state index in [9.17, 15) is 18.0 Å². The van der Waals surface area contributed by atoms with Gasteiger partial charge in [-0.05, 0) is 38.6 Å². The van der Waals surface area contributed by atoms with Crippen LogP contribution in [0.4, 0.5) is 13.2 Å². The number of alkyl halides is 3. The molecule has 3 atom stereocenters. The van der Waals surface area contributed by atoms with E-state index >= 15 is 0 Å². The number of carbonyl (C=O) groups is 1. The van der Waals surface area contributed by atoms with Crippen LogP contribution in [-0.4, -0.2) is 74.0 Å². The number of methoxy groups -OCH3 is 1. The van der Waals surface area contributed by atoms with Crippen LogP contribution < -0.4 is 5.32 Å². The van der Waals surface area contributed by atoms with Crippen molar-refractivity contribution < 1.29 is 28.0 Å². The van der Waals surface area contributed by atoms with E-state index < -0.39 is 12.1 Å². The summed E-state index contributed by atoms with van der Waals surface area (Å²) in [5, 5.41) is 2.27. The van der Waals surface area contributed by atoms with E-state index in [1.54, 1.807) is 0 Å². The number of carbonyl (C=O) groups excluding carboxylic acids is 1. The number of halogens is 3. The number of hydrogen-bond acceptors (Lipinski definition) is 4. The molecule has 0 aromatic rings. The van der Waals surface area contributed by atoms with E-state index in [2.05, 4.69) is 22.2 Å². The third-order valence-electron chi connectivity index (χ3n) is 6.39. The summed E-state index contributed by atoms with van der Waals surface area (Å²) in [5.74, 6) is -1.13. The molecule has 1 aliphatic carbocycles. The number of rotatable bonds is 3. The van der Waals surface area contributed by atoms with Crippen LogP contribution in [0.5, 0.6) is 0 Å². The maximum Gasteiger partial charge on any atom is 0.391 e. The average Bonchev–Trinajstić information content (AvgIpc) is 2.93. The summed E-state index contributed by atoms with van der Waals surface area (Å²) < 4.78 is 43.5. The molecule has 8 heteroatoms. The molecular weight excluding hydrogens is 335 g/mol. The van der Waals surface area contributed by atoms with Crippen LogP contribution in [0.1, 0.15) is 32.1 Å². The average molecular weight is 364 g/mol. The zero-order valence-corrected chi connectivity index (χ0v) is 15.0. The highest BCUT2D eigenvalue weighted by atomic mass is 19.4. The van der Waals surface area contributed by atoms with Crippen LogP contribution >= 0.6 is 0 Å². The summed E-state index contributed by atoms with van der Waals surface area (Å²) in [6, 6.07) is 0.521. The Kier molecular flexibility index (Phi) is 5.60. The fourth-order valence-corrected chi connectivity index (χ4v) is 4.81. The Morgan fingerprint density at radius 2 is 1.92 bits per heavy atom. The highest BCUT2D eigenvalue weighted by molar-refractivity contribution is 5.75. The Labute approximate surface area is 146 Å². The molecule has 2 aliphatic heterocycles. The van der Waals surface area contributed by atoms with Crippen LogP contribution in [0, 0.1) is 11.8 Å². The Balaban J connectivity index is 1.61. The van der Waals surface area contributed by atoms with Gasteiger partial charge < -0.3 is 10.1 Å². The molecule has 1 saturated carbocycles. The summed E-state index contributed by atoms with van der Waals surface area (Å²) >= 11 is 0. The molecule has 0 bridgehead atoms. The molecule has 3 aliphatic rings. The summed E-state index contributed by atoms with van der Waals surface area (Å²) in [6.45, 7) is 2.41. The molecule has 3 rings (SSSR count). The number of nitrogens with two attached hydrogens (primary N) is 1. The number of fused-ring (bicyclic) bond motifs is 1. The molecule has 3 fully saturated rings. The van der Waals surface area contributed by atoms with Crippen LogP contribution in [0.15, 0.2) is 0 Å². The quantitative estimate of drug-likeness (QED) is 0.753. The normalized spacial score (nSPS) is 37.7. The second kappa shape index (κ2) is 7.40. The number of likely N-dealkylation sites (N-methyl/N-ethyl adjacent to an activating group) is 1. The van der Waals surface area contributed by atoms with Crippen molar-refractivity contribution in [1.29, 1.82) is 0 Å². The van der Waals surface area contributed by atoms with E-state index in [0.717, 1.165) is 19.6 Å². The van der Waals surface area contributed by atoms with Gasteiger partial charge in [0.2, 0.25) is 0 Å². The zero-order valence-electron chi connectivity index (χ0n) is 15.0. The van der Waals surface area contributed by atoms with Crippen LogP contribution in [-0.2, 0) is 9.53 Å². The first-order valence-corrected chi connectivity index (χ1v) is 9.21. The van der Waals surface area contributed by atoms with Crippen molar-refractivity contribution in [1.82, 2.24) is 9.80 Å². The largest absolute Gasteiger partial charge is 0.468 e. The van der Waals surface area contributed by atoms with Crippen LogP contribution in [0.3, 0.4) is 0 Å². The molecular formula is C17H29F3N3O2+. The fraction of sp³-hybridized carbons (Fsp3) is 0.941. The van der Waals surface area contributed by atoms with Gasteiger partial charge in [-0.1, -0.05) is 0 Å². The number of likely N-dealkylation sites (tertiary alicyclic amines) is 1. The molecule has 0 spiro atoms. The second-order valence-electron chi connectivity index (χ2n) is 7.89. The van der Waals surface area contributed by atoms with Gasteiger partial charge in [0, 0.05) is 19.5 Å². The Morgan fingerprint density at radius 3 is 2.52 bits per heavy atom. The SMILES string of the molecule is COC(=O)[C@@H]1CC2[NH2+]CN(C)C2CN1CC1CCC(C(F)(F)F)CC1. The van der Waals surface area contributed by atoms with E-state index in [1.807, 2.05) is 0 Å². The van der Waals surface area contributed by atoms with Crippen molar-refractivity contribution >= 4 is 5.97 Å². The number of hydrogen-bond donors (Lipinski definition) is 1. The third kappa shape index (κ3) is 4.11. The summed E-state index contributed by atoms with van der Waals surface area (Å²) in [5.41, 5.74) is 0. The first-order valence-electron chi connectivity index (χ1n) is 9.21. The minimum atomic E-state index is -4.07. The van der Waals surface area contributed by atoms with Crippen molar-refractivity contribution in [3.8, 4) is 0 Å². The summed E-state index contributed by atoms with van der Waals surface area (Å²) in [6.07, 6.45) is -1.72. The van der Waals surface area contributed by atoms with E-state index in [0.29, 0.717) is 31.5 Å². The standard InChI is InChI=1S/C17H28F3N3O2/c1-22-10-21-13-7-14(16(24)25-2)23(9-15(13)22)8-11-3-5-12(6-4-11)17(18,19)20/h11-15,21H,3-10H2,1-2H3/p+1/t11?,12?,13?,14-,15?/m0/s1. The topological polar surface area (TPSA) is 49.4 Å². The van der Waals surface area contributed by atoms with Crippen molar-refractivity contribution in [3.63, 3.8) is 0 Å². The first-order chi connectivity index (χ1) is 11.8. The number of ether oxygens (including phenoxy) is 1. The van der Waals surface area contributed by atoms with E-state index in [1.165, 1.54) is 7.11 Å². The summed E-state index contributed by atoms with van der Waals surface area (Å²) in [7, 11) is 3.50. The van der Waals surface area contributed by atoms with Crippen molar-refractivity contribution in [2.45, 2.75) is 56.4 Å². The predicted octanol–water partition coefficient (Wildman–Crippen LogP) is 0.806. The van der Waals surface area contributed by atoms with Gasteiger partial charge in [0.05, 0.1) is 19.1 Å². The first kappa shape index (κ1) is 18.9. The fourth-order valence-electron chi connectivity index (χ4n) is 4.81. The van der Waals surface area contributed by atoms with E-state index in [4.69, 9.17) is 4.74 Å². The van der Waals surface area contributed by atoms with Gasteiger partial charge in [0.15, 0.2) is 0 Å². The lowest BCUT2D eigenvalue weighted by Gasteiger charge is -2.42. The van der Waals surface area contributed by atoms with Gasteiger partial charge in [0.1, 0.15) is 18.8 Å². The van der Waals surface area contributed by atoms with Gasteiger partial charge >= 0.3 is 12.1 Å². The lowest BCUT2D eigenvalue weighted by molar-refractivity contribution is -0.678. The number of piperidine rings is 1. The van der Waals surface area contributed by atoms with Crippen LogP contribution in [0.2, 0.25) is 0 Å². The van der Waals surface area contributed by atoms with Crippen molar-refractivity contribution in [2.75, 3.05) is 33.9 Å². The minimum Gasteiger partial charge on any atom is -0.468 e. The van der Waals surface area contributed by atoms with Gasteiger partial charge in [-0.25, -0.2) is 4.90 Å². The highest BCUT2D eigenvalue weighted by Crippen LogP contribution is 2.40. The van der Waals surface area contributed by atoms with Crippen molar-refractivity contribution in [3.05, 3.63) is 0 Å². The number of quaternary nitrogens is 1. The van der Waals surface area contributed by atoms with Gasteiger partial charge in [-0.15, -0.1) is 0 Å². The summed E-state index contributed by atoms with van der Waals surface area (Å²) in [4.78, 5) is 16.7. The molecule has 144 valence electrons. The Bertz CT molecular complexity index is 480. The lowest BCUT2D eigenvalue weighted by Crippen LogP contribution is -2.89. The molecule has 0 amide bonds. The lowest BCUT2D eigenvalue weighted by atomic mass is 9.80. The highest BCUT2D eigenvalue weighted by Gasteiger charge is 2.47. The van der Waals surface area contributed by atoms with Crippen LogP contribution in [0.25, 0.3) is 0 Å². The third-order valence-corrected chi connectivity index (χ3v) is 6.39. The molecule has 0 aromatic carbocycles. The molecule has 2 heterocycles. The maximum absolute atomic E-state index is 12.9. The smallest absolute Gasteiger partial charge is 0.391 e. The predicted molar refractivity (Wildman–Crippen MR) is 85.6 cm³/mol. The molecule has 0 radical (unpaired) electrons. The molecule has 2 saturated heterocycles. The maximum atomic E-state index is 12.9. The molecule has 5 nitrogen and oxygen atoms in total. The van der Waals surface area contributed by atoms with E-state index in [-0.39, 0.29) is 30.8 Å².